The van der Waals surface area contributed by atoms with E-state index >= 15 is 0 Å². The number of nitrogens with zero attached hydrogens (tertiary/aromatic N) is 1. The maximum absolute atomic E-state index is 13.6. The third-order valence-electron chi connectivity index (χ3n) is 6.45. The van der Waals surface area contributed by atoms with Crippen LogP contribution in [-0.2, 0) is 4.74 Å². The van der Waals surface area contributed by atoms with E-state index in [1.165, 1.54) is 0 Å². The molecular formula is C28H23NO5. The Hall–Kier alpha value is -3.90. The molecule has 0 N–H and O–H groups in total. The van der Waals surface area contributed by atoms with Crippen molar-refractivity contribution in [2.45, 2.75) is 25.0 Å². The van der Waals surface area contributed by atoms with Gasteiger partial charge in [-0.1, -0.05) is 42.5 Å². The van der Waals surface area contributed by atoms with E-state index in [9.17, 15) is 9.59 Å². The number of hydrogen-bond donors (Lipinski definition) is 0. The first-order valence-corrected chi connectivity index (χ1v) is 11.5. The van der Waals surface area contributed by atoms with Crippen molar-refractivity contribution in [3.63, 3.8) is 0 Å². The van der Waals surface area contributed by atoms with E-state index in [1.54, 1.807) is 29.2 Å². The van der Waals surface area contributed by atoms with Crippen LogP contribution in [0.25, 0.3) is 11.0 Å². The highest BCUT2D eigenvalue weighted by atomic mass is 16.5. The highest BCUT2D eigenvalue weighted by Crippen LogP contribution is 2.40. The Kier molecular flexibility index (Phi) is 5.15. The minimum absolute atomic E-state index is 0.0611. The molecule has 1 saturated heterocycles. The third-order valence-corrected chi connectivity index (χ3v) is 6.45. The Labute approximate surface area is 196 Å². The van der Waals surface area contributed by atoms with Crippen LogP contribution in [0.4, 0.5) is 0 Å². The highest BCUT2D eigenvalue weighted by molar-refractivity contribution is 5.99. The molecule has 0 unspecified atom stereocenters. The van der Waals surface area contributed by atoms with Crippen LogP contribution in [0.1, 0.15) is 40.6 Å². The van der Waals surface area contributed by atoms with Crippen LogP contribution in [0.15, 0.2) is 88.1 Å². The predicted molar refractivity (Wildman–Crippen MR) is 127 cm³/mol. The summed E-state index contributed by atoms with van der Waals surface area (Å²) in [5, 5.41) is 0.467. The van der Waals surface area contributed by atoms with E-state index < -0.39 is 6.04 Å². The number of para-hydroxylation sites is 2. The topological polar surface area (TPSA) is 69.0 Å². The van der Waals surface area contributed by atoms with Gasteiger partial charge in [0.25, 0.3) is 5.91 Å². The first-order chi connectivity index (χ1) is 16.7. The van der Waals surface area contributed by atoms with Crippen molar-refractivity contribution in [2.75, 3.05) is 13.2 Å². The standard InChI is InChI=1S/C28H23NO5/c30-26-22-13-4-5-14-23(22)34-27-24(26)25(29(28(27)31)17-21-12-7-15-32-21)18-8-6-11-20(16-18)33-19-9-2-1-3-10-19/h1-6,8-11,13-14,16,21,25H,7,12,15,17H2/t21-,25+/m1/s1. The molecule has 34 heavy (non-hydrogen) atoms. The fourth-order valence-corrected chi connectivity index (χ4v) is 4.88. The molecule has 1 amide bonds. The van der Waals surface area contributed by atoms with Crippen LogP contribution in [0.5, 0.6) is 11.5 Å². The lowest BCUT2D eigenvalue weighted by atomic mass is 9.98. The summed E-state index contributed by atoms with van der Waals surface area (Å²) in [6, 6.07) is 23.5. The van der Waals surface area contributed by atoms with Crippen LogP contribution in [0.3, 0.4) is 0 Å². The van der Waals surface area contributed by atoms with Gasteiger partial charge in [-0.25, -0.2) is 0 Å². The normalized spacial score (nSPS) is 19.5. The van der Waals surface area contributed by atoms with Crippen molar-refractivity contribution in [1.82, 2.24) is 4.90 Å². The lowest BCUT2D eigenvalue weighted by Gasteiger charge is -2.27. The van der Waals surface area contributed by atoms with Gasteiger partial charge in [0.05, 0.1) is 23.1 Å². The minimum atomic E-state index is -0.577. The number of ether oxygens (including phenoxy) is 2. The molecule has 4 aromatic rings. The van der Waals surface area contributed by atoms with Crippen molar-refractivity contribution in [1.29, 1.82) is 0 Å². The fourth-order valence-electron chi connectivity index (χ4n) is 4.88. The number of carbonyl (C=O) groups is 1. The van der Waals surface area contributed by atoms with E-state index in [-0.39, 0.29) is 23.2 Å². The Morgan fingerprint density at radius 1 is 0.912 bits per heavy atom. The minimum Gasteiger partial charge on any atom is -0.457 e. The zero-order chi connectivity index (χ0) is 23.1. The van der Waals surface area contributed by atoms with Gasteiger partial charge < -0.3 is 18.8 Å². The van der Waals surface area contributed by atoms with Crippen LogP contribution < -0.4 is 10.2 Å². The zero-order valence-electron chi connectivity index (χ0n) is 18.5. The third kappa shape index (κ3) is 3.56. The molecule has 1 aromatic heterocycles. The molecule has 1 fully saturated rings. The number of benzene rings is 3. The monoisotopic (exact) mass is 453 g/mol. The lowest BCUT2D eigenvalue weighted by molar-refractivity contribution is 0.0486. The summed E-state index contributed by atoms with van der Waals surface area (Å²) in [5.41, 5.74) is 1.40. The zero-order valence-corrected chi connectivity index (χ0v) is 18.5. The summed E-state index contributed by atoms with van der Waals surface area (Å²) in [5.74, 6) is 1.17. The molecule has 0 bridgehead atoms. The van der Waals surface area contributed by atoms with Crippen LogP contribution >= 0.6 is 0 Å². The number of amides is 1. The molecule has 6 nitrogen and oxygen atoms in total. The van der Waals surface area contributed by atoms with Crippen molar-refractivity contribution in [2.24, 2.45) is 0 Å². The molecule has 2 aliphatic heterocycles. The molecule has 0 aliphatic carbocycles. The largest absolute Gasteiger partial charge is 0.457 e. The van der Waals surface area contributed by atoms with Gasteiger partial charge in [0, 0.05) is 13.2 Å². The summed E-state index contributed by atoms with van der Waals surface area (Å²) in [7, 11) is 0. The van der Waals surface area contributed by atoms with E-state index in [2.05, 4.69) is 0 Å². The van der Waals surface area contributed by atoms with E-state index in [1.807, 2.05) is 54.6 Å². The molecule has 2 atom stereocenters. The quantitative estimate of drug-likeness (QED) is 0.410. The lowest BCUT2D eigenvalue weighted by Crippen LogP contribution is -2.36. The van der Waals surface area contributed by atoms with Gasteiger partial charge in [-0.2, -0.15) is 0 Å². The molecule has 6 rings (SSSR count). The Morgan fingerprint density at radius 3 is 2.53 bits per heavy atom. The number of carbonyl (C=O) groups excluding carboxylic acids is 1. The summed E-state index contributed by atoms with van der Waals surface area (Å²) in [4.78, 5) is 28.9. The second-order valence-electron chi connectivity index (χ2n) is 8.65. The second kappa shape index (κ2) is 8.47. The molecule has 6 heteroatoms. The molecule has 2 aliphatic rings. The van der Waals surface area contributed by atoms with Gasteiger partial charge in [-0.3, -0.25) is 9.59 Å². The maximum Gasteiger partial charge on any atom is 0.291 e. The second-order valence-corrected chi connectivity index (χ2v) is 8.65. The van der Waals surface area contributed by atoms with E-state index in [4.69, 9.17) is 13.9 Å². The van der Waals surface area contributed by atoms with Crippen LogP contribution in [0.2, 0.25) is 0 Å². The van der Waals surface area contributed by atoms with Gasteiger partial charge in [0.2, 0.25) is 5.76 Å². The molecule has 0 saturated carbocycles. The number of rotatable bonds is 5. The van der Waals surface area contributed by atoms with Crippen molar-refractivity contribution >= 4 is 16.9 Å². The maximum atomic E-state index is 13.6. The van der Waals surface area contributed by atoms with E-state index in [0.717, 1.165) is 18.4 Å². The number of fused-ring (bicyclic) bond motifs is 2. The average Bonchev–Trinajstić information content (AvgIpc) is 3.47. The summed E-state index contributed by atoms with van der Waals surface area (Å²) >= 11 is 0. The Balaban J connectivity index is 1.47. The smallest absolute Gasteiger partial charge is 0.291 e. The first kappa shape index (κ1) is 20.7. The molecule has 3 heterocycles. The first-order valence-electron chi connectivity index (χ1n) is 11.5. The van der Waals surface area contributed by atoms with Crippen LogP contribution in [0, 0.1) is 0 Å². The SMILES string of the molecule is O=C1c2oc3ccccc3c(=O)c2[C@H](c2cccc(Oc3ccccc3)c2)N1C[C@H]1CCCO1. The van der Waals surface area contributed by atoms with Gasteiger partial charge in [0.1, 0.15) is 17.1 Å². The Bertz CT molecular complexity index is 1420. The average molecular weight is 453 g/mol. The van der Waals surface area contributed by atoms with Gasteiger partial charge in [0.15, 0.2) is 5.43 Å². The van der Waals surface area contributed by atoms with Crippen molar-refractivity contribution < 1.29 is 18.7 Å². The van der Waals surface area contributed by atoms with Gasteiger partial charge in [-0.15, -0.1) is 0 Å². The van der Waals surface area contributed by atoms with Crippen LogP contribution in [-0.4, -0.2) is 30.1 Å². The summed E-state index contributed by atoms with van der Waals surface area (Å²) < 4.78 is 17.9. The predicted octanol–water partition coefficient (Wildman–Crippen LogP) is 5.31. The molecule has 170 valence electrons. The molecule has 0 spiro atoms. The fraction of sp³-hybridized carbons (Fsp3) is 0.214. The molecule has 3 aromatic carbocycles. The van der Waals surface area contributed by atoms with Crippen molar-refractivity contribution in [3.05, 3.63) is 106 Å². The summed E-state index contributed by atoms with van der Waals surface area (Å²) in [6.45, 7) is 1.08. The van der Waals surface area contributed by atoms with E-state index in [0.29, 0.717) is 41.2 Å². The van der Waals surface area contributed by atoms with Crippen molar-refractivity contribution in [3.8, 4) is 11.5 Å². The summed E-state index contributed by atoms with van der Waals surface area (Å²) in [6.07, 6.45) is 1.79. The number of hydrogen-bond acceptors (Lipinski definition) is 5. The van der Waals surface area contributed by atoms with Gasteiger partial charge >= 0.3 is 0 Å². The van der Waals surface area contributed by atoms with Gasteiger partial charge in [-0.05, 0) is 54.8 Å². The molecule has 0 radical (unpaired) electrons. The Morgan fingerprint density at radius 2 is 1.71 bits per heavy atom. The highest BCUT2D eigenvalue weighted by Gasteiger charge is 2.44. The molecular weight excluding hydrogens is 430 g/mol.